The lowest BCUT2D eigenvalue weighted by atomic mass is 10.2. The molecular weight excluding hydrogens is 236 g/mol. The van der Waals surface area contributed by atoms with Gasteiger partial charge in [-0.1, -0.05) is 12.1 Å². The number of benzene rings is 1. The summed E-state index contributed by atoms with van der Waals surface area (Å²) in [7, 11) is 0. The van der Waals surface area contributed by atoms with Gasteiger partial charge in [-0.05, 0) is 19.1 Å². The molecule has 0 unspecified atom stereocenters. The number of hydrogen-bond donors (Lipinski definition) is 0. The largest absolute Gasteiger partial charge is 0.253 e. The second-order valence-electron chi connectivity index (χ2n) is 3.89. The van der Waals surface area contributed by atoms with Gasteiger partial charge in [-0.15, -0.1) is 23.5 Å². The Morgan fingerprint density at radius 1 is 1.12 bits per heavy atom. The first-order valence-corrected chi connectivity index (χ1v) is 7.25. The van der Waals surface area contributed by atoms with Crippen molar-refractivity contribution in [2.24, 2.45) is 0 Å². The Morgan fingerprint density at radius 2 is 1.81 bits per heavy atom. The van der Waals surface area contributed by atoms with Crippen LogP contribution in [0.25, 0.3) is 11.0 Å². The van der Waals surface area contributed by atoms with Gasteiger partial charge in [0.15, 0.2) is 0 Å². The minimum absolute atomic E-state index is 0.0943. The summed E-state index contributed by atoms with van der Waals surface area (Å²) in [5.41, 5.74) is 3.07. The van der Waals surface area contributed by atoms with E-state index in [1.54, 1.807) is 0 Å². The lowest BCUT2D eigenvalue weighted by molar-refractivity contribution is 0.946. The van der Waals surface area contributed by atoms with Gasteiger partial charge in [0, 0.05) is 11.5 Å². The van der Waals surface area contributed by atoms with Crippen molar-refractivity contribution in [2.45, 2.75) is 11.0 Å². The van der Waals surface area contributed by atoms with Gasteiger partial charge >= 0.3 is 0 Å². The van der Waals surface area contributed by atoms with Crippen molar-refractivity contribution in [1.82, 2.24) is 9.97 Å². The Morgan fingerprint density at radius 3 is 2.56 bits per heavy atom. The Bertz CT molecular complexity index is 521. The van der Waals surface area contributed by atoms with Gasteiger partial charge in [-0.25, -0.2) is 4.98 Å². The Hall–Kier alpha value is -0.740. The molecule has 0 atom stereocenters. The van der Waals surface area contributed by atoms with Crippen LogP contribution in [-0.4, -0.2) is 21.5 Å². The predicted molar refractivity (Wildman–Crippen MR) is 71.8 cm³/mol. The monoisotopic (exact) mass is 248 g/mol. The van der Waals surface area contributed by atoms with Gasteiger partial charge in [0.1, 0.15) is 4.08 Å². The normalized spacial score (nSPS) is 19.1. The molecule has 1 aliphatic heterocycles. The van der Waals surface area contributed by atoms with E-state index in [2.05, 4.69) is 11.9 Å². The van der Waals surface area contributed by atoms with Gasteiger partial charge < -0.3 is 0 Å². The van der Waals surface area contributed by atoms with E-state index in [-0.39, 0.29) is 4.08 Å². The van der Waals surface area contributed by atoms with E-state index in [9.17, 15) is 0 Å². The number of aromatic nitrogens is 2. The van der Waals surface area contributed by atoms with Crippen molar-refractivity contribution in [3.8, 4) is 0 Å². The molecule has 0 spiro atoms. The lowest BCUT2D eigenvalue weighted by Crippen LogP contribution is -2.11. The zero-order valence-electron chi connectivity index (χ0n) is 9.01. The molecule has 0 saturated carbocycles. The van der Waals surface area contributed by atoms with Crippen LogP contribution in [0.3, 0.4) is 0 Å². The minimum Gasteiger partial charge on any atom is -0.253 e. The van der Waals surface area contributed by atoms with Crippen molar-refractivity contribution in [3.63, 3.8) is 0 Å². The van der Waals surface area contributed by atoms with E-state index in [1.807, 2.05) is 54.0 Å². The summed E-state index contributed by atoms with van der Waals surface area (Å²) >= 11 is 3.93. The van der Waals surface area contributed by atoms with Gasteiger partial charge in [-0.3, -0.25) is 4.98 Å². The van der Waals surface area contributed by atoms with Crippen molar-refractivity contribution >= 4 is 34.6 Å². The van der Waals surface area contributed by atoms with E-state index in [0.29, 0.717) is 0 Å². The first-order valence-electron chi connectivity index (χ1n) is 5.28. The molecule has 2 aromatic rings. The van der Waals surface area contributed by atoms with Gasteiger partial charge in [0.25, 0.3) is 0 Å². The molecule has 1 aliphatic rings. The van der Waals surface area contributed by atoms with Crippen LogP contribution in [0.4, 0.5) is 0 Å². The van der Waals surface area contributed by atoms with Crippen molar-refractivity contribution in [1.29, 1.82) is 0 Å². The molecule has 1 aromatic carbocycles. The Labute approximate surface area is 103 Å². The summed E-state index contributed by atoms with van der Waals surface area (Å²) < 4.78 is 0.0943. The molecule has 3 rings (SSSR count). The van der Waals surface area contributed by atoms with E-state index >= 15 is 0 Å². The van der Waals surface area contributed by atoms with E-state index in [1.165, 1.54) is 11.5 Å². The maximum Gasteiger partial charge on any atom is 0.102 e. The smallest absolute Gasteiger partial charge is 0.102 e. The van der Waals surface area contributed by atoms with Gasteiger partial charge in [0.05, 0.1) is 22.9 Å². The summed E-state index contributed by atoms with van der Waals surface area (Å²) in [6.45, 7) is 2.24. The lowest BCUT2D eigenvalue weighted by Gasteiger charge is -2.20. The van der Waals surface area contributed by atoms with Crippen LogP contribution in [0.15, 0.2) is 30.5 Å². The number of rotatable bonds is 1. The fourth-order valence-corrected chi connectivity index (χ4v) is 4.61. The summed E-state index contributed by atoms with van der Waals surface area (Å²) in [4.78, 5) is 9.21. The Kier molecular flexibility index (Phi) is 2.56. The highest BCUT2D eigenvalue weighted by Gasteiger charge is 2.34. The highest BCUT2D eigenvalue weighted by molar-refractivity contribution is 8.20. The molecule has 0 radical (unpaired) electrons. The molecule has 0 N–H and O–H groups in total. The van der Waals surface area contributed by atoms with Crippen LogP contribution >= 0.6 is 23.5 Å². The number of thioether (sulfide) groups is 2. The molecule has 82 valence electrons. The van der Waals surface area contributed by atoms with Crippen LogP contribution in [0.1, 0.15) is 12.6 Å². The van der Waals surface area contributed by atoms with Crippen LogP contribution in [-0.2, 0) is 4.08 Å². The average Bonchev–Trinajstić information content (AvgIpc) is 2.77. The molecule has 0 amide bonds. The number of hydrogen-bond acceptors (Lipinski definition) is 4. The SMILES string of the molecule is CC1(c2cnc3ccccc3n2)SCCS1. The topological polar surface area (TPSA) is 25.8 Å². The summed E-state index contributed by atoms with van der Waals surface area (Å²) in [6, 6.07) is 8.04. The first kappa shape index (κ1) is 10.4. The van der Waals surface area contributed by atoms with Crippen LogP contribution in [0.2, 0.25) is 0 Å². The van der Waals surface area contributed by atoms with Crippen LogP contribution in [0.5, 0.6) is 0 Å². The number of nitrogens with zero attached hydrogens (tertiary/aromatic N) is 2. The van der Waals surface area contributed by atoms with Crippen molar-refractivity contribution in [2.75, 3.05) is 11.5 Å². The Balaban J connectivity index is 2.11. The minimum atomic E-state index is 0.0943. The third-order valence-corrected chi connectivity index (χ3v) is 6.05. The zero-order valence-corrected chi connectivity index (χ0v) is 10.6. The van der Waals surface area contributed by atoms with Crippen LogP contribution < -0.4 is 0 Å². The van der Waals surface area contributed by atoms with Crippen molar-refractivity contribution in [3.05, 3.63) is 36.2 Å². The summed E-state index contributed by atoms with van der Waals surface area (Å²) in [5, 5.41) is 0. The molecule has 1 saturated heterocycles. The molecule has 1 fully saturated rings. The van der Waals surface area contributed by atoms with E-state index < -0.39 is 0 Å². The molecule has 16 heavy (non-hydrogen) atoms. The maximum absolute atomic E-state index is 4.72. The van der Waals surface area contributed by atoms with Crippen molar-refractivity contribution < 1.29 is 0 Å². The summed E-state index contributed by atoms with van der Waals surface area (Å²) in [5.74, 6) is 2.41. The fourth-order valence-electron chi connectivity index (χ4n) is 1.84. The molecule has 1 aromatic heterocycles. The number of para-hydroxylation sites is 2. The highest BCUT2D eigenvalue weighted by atomic mass is 32.2. The average molecular weight is 248 g/mol. The molecule has 0 aliphatic carbocycles. The van der Waals surface area contributed by atoms with Gasteiger partial charge in [0.2, 0.25) is 0 Å². The van der Waals surface area contributed by atoms with Crippen LogP contribution in [0, 0.1) is 0 Å². The van der Waals surface area contributed by atoms with E-state index in [4.69, 9.17) is 4.98 Å². The summed E-state index contributed by atoms with van der Waals surface area (Å²) in [6.07, 6.45) is 1.92. The standard InChI is InChI=1S/C12H12N2S2/c1-12(15-6-7-16-12)11-8-13-9-4-2-3-5-10(9)14-11/h2-5,8H,6-7H2,1H3. The molecule has 0 bridgehead atoms. The zero-order chi connectivity index (χ0) is 11.0. The molecular formula is C12H12N2S2. The second-order valence-corrected chi connectivity index (χ2v) is 7.17. The highest BCUT2D eigenvalue weighted by Crippen LogP contribution is 2.50. The quantitative estimate of drug-likeness (QED) is 0.773. The van der Waals surface area contributed by atoms with Gasteiger partial charge in [-0.2, -0.15) is 0 Å². The molecule has 2 nitrogen and oxygen atoms in total. The second kappa shape index (κ2) is 3.93. The third-order valence-electron chi connectivity index (χ3n) is 2.75. The third kappa shape index (κ3) is 1.70. The van der Waals surface area contributed by atoms with E-state index in [0.717, 1.165) is 16.7 Å². The maximum atomic E-state index is 4.72. The first-order chi connectivity index (χ1) is 7.78. The number of fused-ring (bicyclic) bond motifs is 1. The molecule has 2 heterocycles. The molecule has 4 heteroatoms. The fraction of sp³-hybridized carbons (Fsp3) is 0.333. The predicted octanol–water partition coefficient (Wildman–Crippen LogP) is 3.28.